The van der Waals surface area contributed by atoms with Crippen molar-refractivity contribution in [1.82, 2.24) is 18.7 Å². The summed E-state index contributed by atoms with van der Waals surface area (Å²) in [7, 11) is 2.79. The van der Waals surface area contributed by atoms with Crippen molar-refractivity contribution in [3.05, 3.63) is 27.2 Å². The van der Waals surface area contributed by atoms with Gasteiger partial charge in [-0.05, 0) is 6.92 Å². The number of hydrogen-bond acceptors (Lipinski definition) is 4. The first-order valence-electron chi connectivity index (χ1n) is 6.32. The molecule has 0 aliphatic heterocycles. The maximum absolute atomic E-state index is 13.0. The third kappa shape index (κ3) is 2.65. The lowest BCUT2D eigenvalue weighted by atomic mass is 10.4. The summed E-state index contributed by atoms with van der Waals surface area (Å²) in [5, 5.41) is 0. The quantitative estimate of drug-likeness (QED) is 0.749. The van der Waals surface area contributed by atoms with Crippen molar-refractivity contribution >= 4 is 11.2 Å². The van der Waals surface area contributed by atoms with Crippen molar-refractivity contribution in [3.8, 4) is 12.3 Å². The Morgan fingerprint density at radius 1 is 1.41 bits per heavy atom. The smallest absolute Gasteiger partial charge is 0.322 e. The predicted molar refractivity (Wildman–Crippen MR) is 74.5 cm³/mol. The van der Waals surface area contributed by atoms with Gasteiger partial charge in [0.2, 0.25) is 0 Å². The fraction of sp³-hybridized carbons (Fsp3) is 0.462. The van der Waals surface area contributed by atoms with E-state index in [1.54, 1.807) is 0 Å². The molecule has 9 heteroatoms. The molecule has 7 nitrogen and oxygen atoms in total. The van der Waals surface area contributed by atoms with E-state index < -0.39 is 23.5 Å². The molecule has 0 saturated carbocycles. The fourth-order valence-corrected chi connectivity index (χ4v) is 2.14. The molecule has 0 spiro atoms. The first kappa shape index (κ1) is 15.9. The number of imidazole rings is 1. The molecule has 0 aliphatic rings. The van der Waals surface area contributed by atoms with Crippen LogP contribution in [0.3, 0.4) is 0 Å². The van der Waals surface area contributed by atoms with E-state index in [2.05, 4.69) is 16.1 Å². The standard InChI is InChI=1S/C13H14F2N4O3/c1-5-13(14,15)22-8(2)6-19-7-16-10-9(19)11(20)18(4)12(21)17(10)3/h1,7-8H,6H2,2-4H3. The van der Waals surface area contributed by atoms with E-state index in [9.17, 15) is 18.4 Å². The molecule has 0 bridgehead atoms. The van der Waals surface area contributed by atoms with E-state index in [-0.39, 0.29) is 17.7 Å². The zero-order valence-electron chi connectivity index (χ0n) is 12.2. The highest BCUT2D eigenvalue weighted by molar-refractivity contribution is 5.69. The molecule has 2 heterocycles. The van der Waals surface area contributed by atoms with Crippen LogP contribution in [0.1, 0.15) is 6.92 Å². The highest BCUT2D eigenvalue weighted by Crippen LogP contribution is 2.17. The largest absolute Gasteiger partial charge is 0.423 e. The molecule has 2 rings (SSSR count). The van der Waals surface area contributed by atoms with Crippen molar-refractivity contribution in [1.29, 1.82) is 0 Å². The lowest BCUT2D eigenvalue weighted by Gasteiger charge is -2.18. The Morgan fingerprint density at radius 2 is 2.05 bits per heavy atom. The van der Waals surface area contributed by atoms with Gasteiger partial charge in [-0.1, -0.05) is 0 Å². The summed E-state index contributed by atoms with van der Waals surface area (Å²) >= 11 is 0. The van der Waals surface area contributed by atoms with Gasteiger partial charge >= 0.3 is 11.8 Å². The monoisotopic (exact) mass is 312 g/mol. The predicted octanol–water partition coefficient (Wildman–Crippen LogP) is 0.0648. The van der Waals surface area contributed by atoms with Crippen LogP contribution < -0.4 is 11.2 Å². The second-order valence-corrected chi connectivity index (χ2v) is 4.86. The van der Waals surface area contributed by atoms with Crippen molar-refractivity contribution in [2.75, 3.05) is 0 Å². The number of ether oxygens (including phenoxy) is 1. The summed E-state index contributed by atoms with van der Waals surface area (Å²) < 4.78 is 33.9. The molecule has 118 valence electrons. The second-order valence-electron chi connectivity index (χ2n) is 4.86. The number of terminal acetylenes is 1. The lowest BCUT2D eigenvalue weighted by molar-refractivity contribution is -0.218. The number of rotatable bonds is 4. The highest BCUT2D eigenvalue weighted by Gasteiger charge is 2.29. The van der Waals surface area contributed by atoms with E-state index >= 15 is 0 Å². The number of nitrogens with zero attached hydrogens (tertiary/aromatic N) is 4. The minimum atomic E-state index is -3.69. The average molecular weight is 312 g/mol. The second kappa shape index (κ2) is 5.38. The van der Waals surface area contributed by atoms with Crippen molar-refractivity contribution < 1.29 is 13.5 Å². The van der Waals surface area contributed by atoms with Gasteiger partial charge in [-0.25, -0.2) is 9.78 Å². The zero-order valence-corrected chi connectivity index (χ0v) is 12.2. The van der Waals surface area contributed by atoms with Crippen LogP contribution in [-0.4, -0.2) is 30.9 Å². The van der Waals surface area contributed by atoms with Crippen molar-refractivity contribution in [2.24, 2.45) is 14.1 Å². The molecule has 22 heavy (non-hydrogen) atoms. The van der Waals surface area contributed by atoms with Crippen molar-refractivity contribution in [3.63, 3.8) is 0 Å². The molecule has 1 atom stereocenters. The van der Waals surface area contributed by atoms with Gasteiger partial charge < -0.3 is 9.30 Å². The van der Waals surface area contributed by atoms with E-state index in [4.69, 9.17) is 0 Å². The summed E-state index contributed by atoms with van der Waals surface area (Å²) in [5.41, 5.74) is -0.787. The van der Waals surface area contributed by atoms with Crippen molar-refractivity contribution in [2.45, 2.75) is 25.7 Å². The molecular weight excluding hydrogens is 298 g/mol. The maximum Gasteiger partial charge on any atom is 0.423 e. The van der Waals surface area contributed by atoms with Gasteiger partial charge in [0.1, 0.15) is 0 Å². The highest BCUT2D eigenvalue weighted by atomic mass is 19.3. The van der Waals surface area contributed by atoms with Crippen LogP contribution >= 0.6 is 0 Å². The minimum Gasteiger partial charge on any atom is -0.322 e. The van der Waals surface area contributed by atoms with Crippen LogP contribution in [0.2, 0.25) is 0 Å². The topological polar surface area (TPSA) is 71.1 Å². The van der Waals surface area contributed by atoms with E-state index in [1.807, 2.05) is 0 Å². The molecule has 0 saturated heterocycles. The molecule has 0 aromatic carbocycles. The summed E-state index contributed by atoms with van der Waals surface area (Å²) in [6.45, 7) is 1.32. The average Bonchev–Trinajstić information content (AvgIpc) is 2.85. The summed E-state index contributed by atoms with van der Waals surface area (Å²) in [6.07, 6.45) is 1.30. The number of aromatic nitrogens is 4. The molecule has 0 N–H and O–H groups in total. The van der Waals surface area contributed by atoms with Gasteiger partial charge in [0.25, 0.3) is 5.56 Å². The number of halogens is 2. The van der Waals surface area contributed by atoms with Gasteiger partial charge in [0.15, 0.2) is 11.2 Å². The molecular formula is C13H14F2N4O3. The number of hydrogen-bond donors (Lipinski definition) is 0. The van der Waals surface area contributed by atoms with Crippen LogP contribution in [-0.2, 0) is 25.4 Å². The van der Waals surface area contributed by atoms with Gasteiger partial charge in [-0.2, -0.15) is 8.78 Å². The Hall–Kier alpha value is -2.47. The molecule has 1 unspecified atom stereocenters. The molecule has 0 amide bonds. The van der Waals surface area contributed by atoms with E-state index in [1.165, 1.54) is 42.4 Å². The maximum atomic E-state index is 13.0. The van der Waals surface area contributed by atoms with Gasteiger partial charge in [-0.15, -0.1) is 6.42 Å². The SMILES string of the molecule is C#CC(F)(F)OC(C)Cn1cnc2c1c(=O)n(C)c(=O)n2C. The number of aryl methyl sites for hydroxylation is 1. The van der Waals surface area contributed by atoms with Crippen LogP contribution in [0, 0.1) is 12.3 Å². The molecule has 2 aromatic heterocycles. The Morgan fingerprint density at radius 3 is 2.64 bits per heavy atom. The van der Waals surface area contributed by atoms with Crippen LogP contribution in [0.4, 0.5) is 8.78 Å². The van der Waals surface area contributed by atoms with Crippen LogP contribution in [0.5, 0.6) is 0 Å². The minimum absolute atomic E-state index is 0.0682. The zero-order chi connectivity index (χ0) is 16.7. The lowest BCUT2D eigenvalue weighted by Crippen LogP contribution is -2.38. The summed E-state index contributed by atoms with van der Waals surface area (Å²) in [6, 6.07) is 0. The molecule has 0 aliphatic carbocycles. The molecule has 0 radical (unpaired) electrons. The first-order valence-corrected chi connectivity index (χ1v) is 6.32. The van der Waals surface area contributed by atoms with E-state index in [0.717, 1.165) is 4.57 Å². The van der Waals surface area contributed by atoms with Crippen LogP contribution in [0.15, 0.2) is 15.9 Å². The fourth-order valence-electron chi connectivity index (χ4n) is 2.14. The molecule has 2 aromatic rings. The Labute approximate surface area is 123 Å². The Balaban J connectivity index is 2.45. The van der Waals surface area contributed by atoms with Gasteiger partial charge in [0.05, 0.1) is 19.0 Å². The third-order valence-electron chi connectivity index (χ3n) is 3.19. The Bertz CT molecular complexity index is 872. The normalized spacial score (nSPS) is 13.3. The van der Waals surface area contributed by atoms with E-state index in [0.29, 0.717) is 0 Å². The number of alkyl halides is 2. The third-order valence-corrected chi connectivity index (χ3v) is 3.19. The number of fused-ring (bicyclic) bond motifs is 1. The summed E-state index contributed by atoms with van der Waals surface area (Å²) in [4.78, 5) is 27.9. The first-order chi connectivity index (χ1) is 10.2. The Kier molecular flexibility index (Phi) is 3.89. The summed E-state index contributed by atoms with van der Waals surface area (Å²) in [5.74, 6) is 1.23. The van der Waals surface area contributed by atoms with Gasteiger partial charge in [0, 0.05) is 20.0 Å². The molecule has 0 fully saturated rings. The van der Waals surface area contributed by atoms with Crippen LogP contribution in [0.25, 0.3) is 11.2 Å². The van der Waals surface area contributed by atoms with Gasteiger partial charge in [-0.3, -0.25) is 13.9 Å².